The van der Waals surface area contributed by atoms with Crippen molar-refractivity contribution in [3.63, 3.8) is 0 Å². The van der Waals surface area contributed by atoms with Crippen LogP contribution in [0.4, 0.5) is 14.6 Å². The maximum atomic E-state index is 14.9. The Hall–Kier alpha value is -5.06. The van der Waals surface area contributed by atoms with Crippen molar-refractivity contribution in [3.05, 3.63) is 95.8 Å². The van der Waals surface area contributed by atoms with Crippen LogP contribution >= 0.6 is 0 Å². The van der Waals surface area contributed by atoms with Crippen LogP contribution in [-0.2, 0) is 6.67 Å². The minimum Gasteiger partial charge on any atom is -0.364 e. The Labute approximate surface area is 202 Å². The Balaban J connectivity index is 1.62. The number of carbonyl (C=O) groups excluding carboxylic acids is 2. The van der Waals surface area contributed by atoms with Gasteiger partial charge < -0.3 is 11.1 Å². The van der Waals surface area contributed by atoms with E-state index in [1.807, 2.05) is 6.07 Å². The normalized spacial score (nSPS) is 10.9. The number of carbonyl (C=O) groups is 2. The number of primary amides is 1. The quantitative estimate of drug-likeness (QED) is 0.376. The van der Waals surface area contributed by atoms with E-state index in [0.717, 1.165) is 6.07 Å². The number of para-hydroxylation sites is 1. The van der Waals surface area contributed by atoms with Crippen molar-refractivity contribution in [1.82, 2.24) is 24.7 Å². The lowest BCUT2D eigenvalue weighted by Crippen LogP contribution is -2.17. The molecule has 0 aliphatic carbocycles. The van der Waals surface area contributed by atoms with Gasteiger partial charge in [0, 0.05) is 24.2 Å². The highest BCUT2D eigenvalue weighted by atomic mass is 19.1. The molecule has 5 rings (SSSR count). The van der Waals surface area contributed by atoms with Gasteiger partial charge in [-0.1, -0.05) is 18.2 Å². The Morgan fingerprint density at radius 1 is 1.00 bits per heavy atom. The summed E-state index contributed by atoms with van der Waals surface area (Å²) in [7, 11) is 0. The van der Waals surface area contributed by atoms with E-state index in [2.05, 4.69) is 25.4 Å². The van der Waals surface area contributed by atoms with Crippen LogP contribution in [0.15, 0.2) is 73.2 Å². The van der Waals surface area contributed by atoms with Gasteiger partial charge >= 0.3 is 0 Å². The van der Waals surface area contributed by atoms with Crippen LogP contribution in [0.5, 0.6) is 0 Å². The summed E-state index contributed by atoms with van der Waals surface area (Å²) in [6, 6.07) is 14.0. The van der Waals surface area contributed by atoms with Crippen LogP contribution in [0, 0.1) is 5.82 Å². The highest BCUT2D eigenvalue weighted by molar-refractivity contribution is 6.09. The van der Waals surface area contributed by atoms with Gasteiger partial charge in [0.25, 0.3) is 11.8 Å². The zero-order valence-corrected chi connectivity index (χ0v) is 18.5. The van der Waals surface area contributed by atoms with Crippen LogP contribution in [0.1, 0.15) is 26.4 Å². The molecule has 0 fully saturated rings. The van der Waals surface area contributed by atoms with E-state index in [4.69, 9.17) is 5.73 Å². The maximum Gasteiger partial charge on any atom is 0.267 e. The summed E-state index contributed by atoms with van der Waals surface area (Å²) in [6.45, 7) is -0.967. The molecule has 3 N–H and O–H groups in total. The molecule has 9 nitrogen and oxygen atoms in total. The van der Waals surface area contributed by atoms with E-state index < -0.39 is 24.3 Å². The van der Waals surface area contributed by atoms with Crippen molar-refractivity contribution in [2.45, 2.75) is 6.67 Å². The summed E-state index contributed by atoms with van der Waals surface area (Å²) in [5.41, 5.74) is 6.13. The summed E-state index contributed by atoms with van der Waals surface area (Å²) in [6.07, 6.45) is 4.28. The fourth-order valence-electron chi connectivity index (χ4n) is 3.71. The molecule has 0 unspecified atom stereocenters. The number of alkyl halides is 1. The number of nitrogens with two attached hydrogens (primary N) is 1. The summed E-state index contributed by atoms with van der Waals surface area (Å²) in [5, 5.41) is 7.56. The Bertz CT molecular complexity index is 1610. The van der Waals surface area contributed by atoms with Crippen molar-refractivity contribution in [3.8, 4) is 17.1 Å². The van der Waals surface area contributed by atoms with Crippen molar-refractivity contribution >= 4 is 28.5 Å². The Morgan fingerprint density at radius 2 is 1.75 bits per heavy atom. The van der Waals surface area contributed by atoms with E-state index in [0.29, 0.717) is 16.6 Å². The third kappa shape index (κ3) is 4.13. The molecule has 0 saturated carbocycles. The number of aromatic nitrogens is 5. The van der Waals surface area contributed by atoms with Gasteiger partial charge in [-0.2, -0.15) is 5.10 Å². The molecular formula is C25H17F2N7O2. The molecule has 0 bridgehead atoms. The van der Waals surface area contributed by atoms with Gasteiger partial charge in [-0.15, -0.1) is 0 Å². The molecule has 2 amide bonds. The molecule has 2 aromatic carbocycles. The second-order valence-electron chi connectivity index (χ2n) is 7.70. The summed E-state index contributed by atoms with van der Waals surface area (Å²) < 4.78 is 30.0. The van der Waals surface area contributed by atoms with Gasteiger partial charge in [0.2, 0.25) is 0 Å². The van der Waals surface area contributed by atoms with Crippen LogP contribution in [0.2, 0.25) is 0 Å². The van der Waals surface area contributed by atoms with E-state index in [1.165, 1.54) is 35.4 Å². The van der Waals surface area contributed by atoms with Gasteiger partial charge in [-0.05, 0) is 42.0 Å². The molecular weight excluding hydrogens is 468 g/mol. The van der Waals surface area contributed by atoms with Crippen LogP contribution < -0.4 is 11.1 Å². The molecule has 3 heterocycles. The van der Waals surface area contributed by atoms with E-state index in [1.54, 1.807) is 30.3 Å². The molecule has 36 heavy (non-hydrogen) atoms. The number of fused-ring (bicyclic) bond motifs is 1. The van der Waals surface area contributed by atoms with Crippen molar-refractivity contribution in [1.29, 1.82) is 0 Å². The van der Waals surface area contributed by atoms with Gasteiger partial charge in [0.05, 0.1) is 22.2 Å². The second kappa shape index (κ2) is 9.29. The number of halogens is 2. The lowest BCUT2D eigenvalue weighted by Gasteiger charge is -2.12. The van der Waals surface area contributed by atoms with E-state index in [-0.39, 0.29) is 34.0 Å². The smallest absolute Gasteiger partial charge is 0.267 e. The average Bonchev–Trinajstić information content (AvgIpc) is 3.26. The number of pyridine rings is 1. The topological polar surface area (TPSA) is 129 Å². The molecule has 0 radical (unpaired) electrons. The second-order valence-corrected chi connectivity index (χ2v) is 7.70. The zero-order valence-electron chi connectivity index (χ0n) is 18.5. The number of rotatable bonds is 6. The number of hydrogen-bond acceptors (Lipinski definition) is 6. The highest BCUT2D eigenvalue weighted by Crippen LogP contribution is 2.29. The van der Waals surface area contributed by atoms with Crippen molar-refractivity contribution in [2.24, 2.45) is 5.73 Å². The van der Waals surface area contributed by atoms with Gasteiger partial charge in [-0.25, -0.2) is 23.4 Å². The summed E-state index contributed by atoms with van der Waals surface area (Å²) in [5.74, 6) is -2.11. The zero-order chi connectivity index (χ0) is 25.2. The largest absolute Gasteiger partial charge is 0.364 e. The first-order chi connectivity index (χ1) is 17.5. The number of nitrogens with one attached hydrogen (secondary N) is 1. The Morgan fingerprint density at radius 3 is 2.44 bits per heavy atom. The summed E-state index contributed by atoms with van der Waals surface area (Å²) in [4.78, 5) is 37.1. The SMILES string of the molecule is NC(=O)c1cc2nn(-c3ccccc3)c(NC(=O)c3cc(-c4ncccn4)c(CF)cc3F)c2cn1. The fraction of sp³-hybridized carbons (Fsp3) is 0.0400. The highest BCUT2D eigenvalue weighted by Gasteiger charge is 2.22. The molecule has 0 saturated heterocycles. The number of hydrogen-bond donors (Lipinski definition) is 2. The molecule has 0 atom stereocenters. The predicted octanol–water partition coefficient (Wildman–Crippen LogP) is 3.84. The fourth-order valence-corrected chi connectivity index (χ4v) is 3.71. The number of anilines is 1. The first-order valence-corrected chi connectivity index (χ1v) is 10.7. The minimum atomic E-state index is -0.967. The van der Waals surface area contributed by atoms with E-state index in [9.17, 15) is 18.4 Å². The lowest BCUT2D eigenvalue weighted by molar-refractivity contribution is 0.0993. The lowest BCUT2D eigenvalue weighted by atomic mass is 10.0. The number of nitrogens with zero attached hydrogens (tertiary/aromatic N) is 5. The third-order valence-electron chi connectivity index (χ3n) is 5.43. The maximum absolute atomic E-state index is 14.9. The minimum absolute atomic E-state index is 0.00144. The summed E-state index contributed by atoms with van der Waals surface area (Å²) >= 11 is 0. The molecule has 5 aromatic rings. The van der Waals surface area contributed by atoms with Crippen molar-refractivity contribution < 1.29 is 18.4 Å². The van der Waals surface area contributed by atoms with Gasteiger partial charge in [-0.3, -0.25) is 14.6 Å². The third-order valence-corrected chi connectivity index (χ3v) is 5.43. The average molecular weight is 485 g/mol. The van der Waals surface area contributed by atoms with Crippen molar-refractivity contribution in [2.75, 3.05) is 5.32 Å². The van der Waals surface area contributed by atoms with Gasteiger partial charge in [0.15, 0.2) is 5.82 Å². The van der Waals surface area contributed by atoms with Crippen LogP contribution in [0.3, 0.4) is 0 Å². The standard InChI is InChI=1S/C25H17F2N7O2/c26-12-14-9-19(27)17(10-16(14)23-29-7-4-8-30-23)25(36)32-24-18-13-31-21(22(28)35)11-20(18)33-34(24)15-5-2-1-3-6-15/h1-11,13H,12H2,(H2,28,35)(H,32,36). The first kappa shape index (κ1) is 22.7. The van der Waals surface area contributed by atoms with Crippen LogP contribution in [-0.4, -0.2) is 36.5 Å². The first-order valence-electron chi connectivity index (χ1n) is 10.7. The molecule has 0 spiro atoms. The monoisotopic (exact) mass is 485 g/mol. The number of amides is 2. The van der Waals surface area contributed by atoms with Crippen LogP contribution in [0.25, 0.3) is 28.0 Å². The molecule has 0 aliphatic heterocycles. The van der Waals surface area contributed by atoms with E-state index >= 15 is 0 Å². The number of benzene rings is 2. The molecule has 178 valence electrons. The Kier molecular flexibility index (Phi) is 5.87. The molecule has 11 heteroatoms. The molecule has 0 aliphatic rings. The van der Waals surface area contributed by atoms with Gasteiger partial charge in [0.1, 0.15) is 24.0 Å². The predicted molar refractivity (Wildman–Crippen MR) is 128 cm³/mol. The molecule has 3 aromatic heterocycles.